The summed E-state index contributed by atoms with van der Waals surface area (Å²) in [5, 5.41) is 0. The van der Waals surface area contributed by atoms with Crippen molar-refractivity contribution < 1.29 is 14.2 Å². The smallest absolute Gasteiger partial charge is 0.156 e. The van der Waals surface area contributed by atoms with Gasteiger partial charge in [-0.2, -0.15) is 0 Å². The molecule has 0 saturated heterocycles. The van der Waals surface area contributed by atoms with Crippen molar-refractivity contribution in [3.8, 4) is 0 Å². The third-order valence-electron chi connectivity index (χ3n) is 4.19. The second-order valence-electron chi connectivity index (χ2n) is 5.72. The highest BCUT2D eigenvalue weighted by Crippen LogP contribution is 2.24. The fraction of sp³-hybridized carbons (Fsp3) is 0.500. The largest absolute Gasteiger partial charge is 0.374 e. The predicted molar refractivity (Wildman–Crippen MR) is 95.2 cm³/mol. The molecule has 3 aromatic rings. The number of methoxy groups -OCH3 is 2. The van der Waals surface area contributed by atoms with Gasteiger partial charge >= 0.3 is 0 Å². The normalized spacial score (nSPS) is 11.8. The summed E-state index contributed by atoms with van der Waals surface area (Å²) in [6.45, 7) is 3.89. The quantitative estimate of drug-likeness (QED) is 0.556. The number of nitrogens with zero attached hydrogens (tertiary/aromatic N) is 4. The van der Waals surface area contributed by atoms with Crippen LogP contribution in [0.15, 0.2) is 24.5 Å². The molecule has 0 aliphatic heterocycles. The van der Waals surface area contributed by atoms with Crippen molar-refractivity contribution in [3.63, 3.8) is 0 Å². The van der Waals surface area contributed by atoms with E-state index in [1.54, 1.807) is 26.6 Å². The zero-order chi connectivity index (χ0) is 17.6. The highest BCUT2D eigenvalue weighted by molar-refractivity contribution is 5.99. The van der Waals surface area contributed by atoms with E-state index in [1.165, 1.54) is 0 Å². The number of pyridine rings is 2. The average Bonchev–Trinajstić information content (AvgIpc) is 3.01. The summed E-state index contributed by atoms with van der Waals surface area (Å²) in [5.41, 5.74) is 3.58. The number of ether oxygens (including phenoxy) is 3. The van der Waals surface area contributed by atoms with Crippen LogP contribution in [-0.4, -0.2) is 46.6 Å². The van der Waals surface area contributed by atoms with Crippen LogP contribution in [-0.2, 0) is 27.4 Å². The van der Waals surface area contributed by atoms with Gasteiger partial charge in [0.1, 0.15) is 23.5 Å². The van der Waals surface area contributed by atoms with E-state index in [4.69, 9.17) is 19.2 Å². The minimum Gasteiger partial charge on any atom is -0.374 e. The summed E-state index contributed by atoms with van der Waals surface area (Å²) < 4.78 is 18.3. The van der Waals surface area contributed by atoms with Crippen molar-refractivity contribution in [2.45, 2.75) is 39.2 Å². The molecule has 3 rings (SSSR count). The number of imidazole rings is 1. The fourth-order valence-electron chi connectivity index (χ4n) is 2.97. The minimum atomic E-state index is -0.193. The summed E-state index contributed by atoms with van der Waals surface area (Å²) in [7, 11) is 3.31. The average molecular weight is 344 g/mol. The molecule has 7 heteroatoms. The topological polar surface area (TPSA) is 71.3 Å². The summed E-state index contributed by atoms with van der Waals surface area (Å²) in [6, 6.07) is 3.86. The Balaban J connectivity index is 1.97. The maximum atomic E-state index is 5.60. The highest BCUT2D eigenvalue weighted by Gasteiger charge is 2.15. The molecule has 0 saturated carbocycles. The fourth-order valence-corrected chi connectivity index (χ4v) is 2.97. The standard InChI is InChI=1S/C18H24N4O3/c1-4-25-12-15-21-14-11-20-13-7-5-9-19-17(13)18(14)22(15)10-6-8-16(23-2)24-3/h5,7,9,11,16H,4,6,8,10,12H2,1-3H3. The van der Waals surface area contributed by atoms with Crippen LogP contribution in [0.5, 0.6) is 0 Å². The van der Waals surface area contributed by atoms with Gasteiger partial charge in [-0.3, -0.25) is 9.97 Å². The monoisotopic (exact) mass is 344 g/mol. The first-order valence-electron chi connectivity index (χ1n) is 8.50. The number of hydrogen-bond donors (Lipinski definition) is 0. The lowest BCUT2D eigenvalue weighted by atomic mass is 10.2. The Bertz CT molecular complexity index is 830. The summed E-state index contributed by atoms with van der Waals surface area (Å²) >= 11 is 0. The minimum absolute atomic E-state index is 0.193. The number of hydrogen-bond acceptors (Lipinski definition) is 6. The van der Waals surface area contributed by atoms with E-state index in [0.29, 0.717) is 13.2 Å². The van der Waals surface area contributed by atoms with Crippen LogP contribution in [0.3, 0.4) is 0 Å². The predicted octanol–water partition coefficient (Wildman–Crippen LogP) is 2.92. The number of aromatic nitrogens is 4. The van der Waals surface area contributed by atoms with Gasteiger partial charge in [0, 0.05) is 40.0 Å². The second kappa shape index (κ2) is 8.33. The van der Waals surface area contributed by atoms with Crippen LogP contribution in [0, 0.1) is 0 Å². The van der Waals surface area contributed by atoms with E-state index in [2.05, 4.69) is 14.5 Å². The van der Waals surface area contributed by atoms with Gasteiger partial charge in [0.15, 0.2) is 6.29 Å². The molecule has 3 aromatic heterocycles. The summed E-state index contributed by atoms with van der Waals surface area (Å²) in [4.78, 5) is 13.7. The van der Waals surface area contributed by atoms with Crippen molar-refractivity contribution in [1.82, 2.24) is 19.5 Å². The Morgan fingerprint density at radius 2 is 2.00 bits per heavy atom. The van der Waals surface area contributed by atoms with Gasteiger partial charge < -0.3 is 18.8 Å². The lowest BCUT2D eigenvalue weighted by molar-refractivity contribution is -0.107. The Hall–Kier alpha value is -2.09. The Kier molecular flexibility index (Phi) is 5.91. The summed E-state index contributed by atoms with van der Waals surface area (Å²) in [6.07, 6.45) is 5.10. The van der Waals surface area contributed by atoms with E-state index in [0.717, 1.165) is 47.3 Å². The molecule has 0 atom stereocenters. The summed E-state index contributed by atoms with van der Waals surface area (Å²) in [5.74, 6) is 0.892. The van der Waals surface area contributed by atoms with Gasteiger partial charge in [-0.15, -0.1) is 0 Å². The van der Waals surface area contributed by atoms with Crippen LogP contribution in [0.1, 0.15) is 25.6 Å². The van der Waals surface area contributed by atoms with Gasteiger partial charge in [-0.25, -0.2) is 4.98 Å². The lowest BCUT2D eigenvalue weighted by Crippen LogP contribution is -2.14. The number of aryl methyl sites for hydroxylation is 1. The molecule has 0 radical (unpaired) electrons. The number of rotatable bonds is 9. The van der Waals surface area contributed by atoms with E-state index >= 15 is 0 Å². The van der Waals surface area contributed by atoms with Crippen LogP contribution < -0.4 is 0 Å². The van der Waals surface area contributed by atoms with E-state index in [-0.39, 0.29) is 6.29 Å². The van der Waals surface area contributed by atoms with E-state index in [9.17, 15) is 0 Å². The second-order valence-corrected chi connectivity index (χ2v) is 5.72. The van der Waals surface area contributed by atoms with Gasteiger partial charge in [0.2, 0.25) is 0 Å². The molecule has 0 bridgehead atoms. The van der Waals surface area contributed by atoms with Crippen molar-refractivity contribution in [2.75, 3.05) is 20.8 Å². The van der Waals surface area contributed by atoms with Crippen molar-refractivity contribution in [1.29, 1.82) is 0 Å². The van der Waals surface area contributed by atoms with Crippen LogP contribution in [0.4, 0.5) is 0 Å². The van der Waals surface area contributed by atoms with Crippen molar-refractivity contribution in [2.24, 2.45) is 0 Å². The lowest BCUT2D eigenvalue weighted by Gasteiger charge is -2.14. The molecule has 0 aliphatic rings. The maximum Gasteiger partial charge on any atom is 0.156 e. The molecular weight excluding hydrogens is 320 g/mol. The molecule has 7 nitrogen and oxygen atoms in total. The Morgan fingerprint density at radius 3 is 2.76 bits per heavy atom. The molecule has 25 heavy (non-hydrogen) atoms. The van der Waals surface area contributed by atoms with Crippen molar-refractivity contribution in [3.05, 3.63) is 30.4 Å². The molecule has 0 unspecified atom stereocenters. The van der Waals surface area contributed by atoms with Gasteiger partial charge in [-0.05, 0) is 25.5 Å². The molecule has 0 N–H and O–H groups in total. The van der Waals surface area contributed by atoms with Gasteiger partial charge in [-0.1, -0.05) is 0 Å². The Morgan fingerprint density at radius 1 is 1.16 bits per heavy atom. The highest BCUT2D eigenvalue weighted by atomic mass is 16.7. The molecule has 0 fully saturated rings. The van der Waals surface area contributed by atoms with Gasteiger partial charge in [0.05, 0.1) is 17.2 Å². The Labute approximate surface area is 146 Å². The molecule has 134 valence electrons. The van der Waals surface area contributed by atoms with Gasteiger partial charge in [0.25, 0.3) is 0 Å². The third-order valence-corrected chi connectivity index (χ3v) is 4.19. The molecule has 0 amide bonds. The molecular formula is C18H24N4O3. The van der Waals surface area contributed by atoms with E-state index in [1.807, 2.05) is 19.1 Å². The van der Waals surface area contributed by atoms with E-state index < -0.39 is 0 Å². The zero-order valence-corrected chi connectivity index (χ0v) is 14.9. The molecule has 3 heterocycles. The van der Waals surface area contributed by atoms with Crippen LogP contribution in [0.2, 0.25) is 0 Å². The van der Waals surface area contributed by atoms with Crippen LogP contribution >= 0.6 is 0 Å². The molecule has 0 spiro atoms. The molecule has 0 aliphatic carbocycles. The maximum absolute atomic E-state index is 5.60. The first-order chi connectivity index (χ1) is 12.3. The SMILES string of the molecule is CCOCc1nc2cnc3cccnc3c2n1CCCC(OC)OC. The van der Waals surface area contributed by atoms with Crippen LogP contribution in [0.25, 0.3) is 22.1 Å². The zero-order valence-electron chi connectivity index (χ0n) is 14.9. The first kappa shape index (κ1) is 17.7. The molecule has 0 aromatic carbocycles. The number of fused-ring (bicyclic) bond motifs is 3. The first-order valence-corrected chi connectivity index (χ1v) is 8.50. The third kappa shape index (κ3) is 3.78. The van der Waals surface area contributed by atoms with Crippen molar-refractivity contribution >= 4 is 22.1 Å².